The number of rotatable bonds is 7. The fourth-order valence-corrected chi connectivity index (χ4v) is 2.94. The monoisotopic (exact) mass is 374 g/mol. The number of nitrogens with zero attached hydrogens (tertiary/aromatic N) is 1. The number of ether oxygens (including phenoxy) is 1. The number of esters is 1. The van der Waals surface area contributed by atoms with E-state index in [1.54, 1.807) is 30.3 Å². The van der Waals surface area contributed by atoms with Crippen LogP contribution in [0.4, 0.5) is 0 Å². The molecule has 1 aromatic carbocycles. The molecule has 0 aliphatic rings. The van der Waals surface area contributed by atoms with Gasteiger partial charge in [0, 0.05) is 18.2 Å². The average molecular weight is 374 g/mol. The first-order chi connectivity index (χ1) is 12.4. The second kappa shape index (κ2) is 9.15. The van der Waals surface area contributed by atoms with Gasteiger partial charge in [0.2, 0.25) is 0 Å². The third kappa shape index (κ3) is 5.16. The van der Waals surface area contributed by atoms with E-state index in [4.69, 9.17) is 0 Å². The van der Waals surface area contributed by atoms with Crippen LogP contribution in [-0.4, -0.2) is 42.4 Å². The zero-order valence-corrected chi connectivity index (χ0v) is 15.8. The third-order valence-corrected chi connectivity index (χ3v) is 4.68. The van der Waals surface area contributed by atoms with Crippen molar-refractivity contribution in [1.29, 1.82) is 0 Å². The smallest absolute Gasteiger partial charge is 0.325 e. The zero-order valence-electron chi connectivity index (χ0n) is 15.0. The molecule has 0 atom stereocenters. The largest absolute Gasteiger partial charge is 0.468 e. The van der Waals surface area contributed by atoms with Crippen molar-refractivity contribution in [2.45, 2.75) is 26.4 Å². The Hall–Kier alpha value is -2.67. The topological polar surface area (TPSA) is 75.7 Å². The van der Waals surface area contributed by atoms with E-state index >= 15 is 0 Å². The Kier molecular flexibility index (Phi) is 6.91. The Balaban J connectivity index is 1.99. The van der Waals surface area contributed by atoms with E-state index in [1.165, 1.54) is 23.3 Å². The van der Waals surface area contributed by atoms with Gasteiger partial charge in [-0.15, -0.1) is 11.3 Å². The molecule has 0 saturated heterocycles. The minimum absolute atomic E-state index is 0.0916. The van der Waals surface area contributed by atoms with Crippen molar-refractivity contribution < 1.29 is 19.1 Å². The summed E-state index contributed by atoms with van der Waals surface area (Å²) in [5.74, 6) is -0.816. The summed E-state index contributed by atoms with van der Waals surface area (Å²) in [4.78, 5) is 38.2. The first kappa shape index (κ1) is 19.7. The molecule has 0 fully saturated rings. The molecule has 0 bridgehead atoms. The summed E-state index contributed by atoms with van der Waals surface area (Å²) in [5.41, 5.74) is 1.37. The second-order valence-electron chi connectivity index (χ2n) is 5.96. The lowest BCUT2D eigenvalue weighted by molar-refractivity contribution is -0.141. The van der Waals surface area contributed by atoms with Crippen molar-refractivity contribution in [3.8, 4) is 0 Å². The Morgan fingerprint density at radius 1 is 1.15 bits per heavy atom. The number of carbonyl (C=O) groups excluding carboxylic acids is 3. The summed E-state index contributed by atoms with van der Waals surface area (Å²) >= 11 is 1.39. The van der Waals surface area contributed by atoms with Gasteiger partial charge in [0.05, 0.1) is 12.0 Å². The van der Waals surface area contributed by atoms with Gasteiger partial charge in [-0.3, -0.25) is 14.4 Å². The number of methoxy groups -OCH3 is 1. The molecule has 2 aromatic rings. The van der Waals surface area contributed by atoms with Crippen molar-refractivity contribution in [1.82, 2.24) is 10.2 Å². The van der Waals surface area contributed by atoms with Crippen molar-refractivity contribution in [3.63, 3.8) is 0 Å². The number of thiophene rings is 1. The fraction of sp³-hybridized carbons (Fsp3) is 0.316. The van der Waals surface area contributed by atoms with Crippen molar-refractivity contribution in [2.75, 3.05) is 13.7 Å². The number of benzene rings is 1. The van der Waals surface area contributed by atoms with Crippen LogP contribution in [0.1, 0.15) is 39.4 Å². The third-order valence-electron chi connectivity index (χ3n) is 3.81. The maximum atomic E-state index is 12.6. The van der Waals surface area contributed by atoms with Crippen LogP contribution in [0.3, 0.4) is 0 Å². The van der Waals surface area contributed by atoms with Gasteiger partial charge < -0.3 is 15.0 Å². The molecule has 7 heteroatoms. The summed E-state index contributed by atoms with van der Waals surface area (Å²) < 4.78 is 4.65. The van der Waals surface area contributed by atoms with Crippen LogP contribution >= 0.6 is 11.3 Å². The first-order valence-electron chi connectivity index (χ1n) is 8.20. The van der Waals surface area contributed by atoms with E-state index in [0.717, 1.165) is 5.56 Å². The minimum Gasteiger partial charge on any atom is -0.468 e. The number of nitrogens with one attached hydrogen (secondary N) is 1. The summed E-state index contributed by atoms with van der Waals surface area (Å²) in [7, 11) is 1.30. The Morgan fingerprint density at radius 2 is 1.85 bits per heavy atom. The summed E-state index contributed by atoms with van der Waals surface area (Å²) in [6, 6.07) is 10.4. The Labute approximate surface area is 156 Å². The predicted molar refractivity (Wildman–Crippen MR) is 100 cm³/mol. The van der Waals surface area contributed by atoms with Crippen LogP contribution in [0, 0.1) is 0 Å². The van der Waals surface area contributed by atoms with Crippen LogP contribution in [0.25, 0.3) is 0 Å². The summed E-state index contributed by atoms with van der Waals surface area (Å²) in [5, 5.41) is 4.69. The molecule has 0 unspecified atom stereocenters. The Bertz CT molecular complexity index is 754. The molecular weight excluding hydrogens is 352 g/mol. The number of amides is 2. The van der Waals surface area contributed by atoms with Gasteiger partial charge in [-0.2, -0.15) is 0 Å². The van der Waals surface area contributed by atoms with Crippen molar-refractivity contribution >= 4 is 29.1 Å². The molecule has 6 nitrogen and oxygen atoms in total. The van der Waals surface area contributed by atoms with E-state index in [2.05, 4.69) is 10.1 Å². The van der Waals surface area contributed by atoms with Gasteiger partial charge in [0.15, 0.2) is 0 Å². The molecule has 1 N–H and O–H groups in total. The number of carbonyl (C=O) groups is 3. The maximum Gasteiger partial charge on any atom is 0.325 e. The van der Waals surface area contributed by atoms with Gasteiger partial charge in [-0.1, -0.05) is 18.2 Å². The maximum absolute atomic E-state index is 12.6. The SMILES string of the molecule is COC(=O)CN(C(=O)c1ccc(CNC(=O)c2cccs2)cc1)C(C)C. The highest BCUT2D eigenvalue weighted by molar-refractivity contribution is 7.12. The van der Waals surface area contributed by atoms with Gasteiger partial charge in [-0.25, -0.2) is 0 Å². The molecule has 26 heavy (non-hydrogen) atoms. The van der Waals surface area contributed by atoms with E-state index in [1.807, 2.05) is 25.3 Å². The first-order valence-corrected chi connectivity index (χ1v) is 9.08. The highest BCUT2D eigenvalue weighted by atomic mass is 32.1. The van der Waals surface area contributed by atoms with E-state index in [9.17, 15) is 14.4 Å². The van der Waals surface area contributed by atoms with Gasteiger partial charge in [0.25, 0.3) is 11.8 Å². The molecule has 0 aliphatic carbocycles. The van der Waals surface area contributed by atoms with Gasteiger partial charge >= 0.3 is 5.97 Å². The van der Waals surface area contributed by atoms with Crippen LogP contribution in [0.2, 0.25) is 0 Å². The lowest BCUT2D eigenvalue weighted by Crippen LogP contribution is -2.41. The van der Waals surface area contributed by atoms with Crippen LogP contribution in [0.5, 0.6) is 0 Å². The standard InChI is InChI=1S/C19H22N2O4S/c1-13(2)21(12-17(22)25-3)19(24)15-8-6-14(7-9-15)11-20-18(23)16-5-4-10-26-16/h4-10,13H,11-12H2,1-3H3,(H,20,23). The van der Waals surface area contributed by atoms with Crippen LogP contribution in [0.15, 0.2) is 41.8 Å². The number of hydrogen-bond acceptors (Lipinski definition) is 5. The van der Waals surface area contributed by atoms with E-state index < -0.39 is 5.97 Å². The van der Waals surface area contributed by atoms with Gasteiger partial charge in [-0.05, 0) is 43.0 Å². The van der Waals surface area contributed by atoms with Gasteiger partial charge in [0.1, 0.15) is 6.54 Å². The van der Waals surface area contributed by atoms with E-state index in [-0.39, 0.29) is 24.4 Å². The molecule has 0 saturated carbocycles. The molecule has 138 valence electrons. The molecule has 2 amide bonds. The van der Waals surface area contributed by atoms with E-state index in [0.29, 0.717) is 17.0 Å². The van der Waals surface area contributed by atoms with Crippen molar-refractivity contribution in [2.24, 2.45) is 0 Å². The molecule has 1 aromatic heterocycles. The predicted octanol–water partition coefficient (Wildman–Crippen LogP) is 2.70. The minimum atomic E-state index is -0.458. The zero-order chi connectivity index (χ0) is 19.1. The molecule has 0 aliphatic heterocycles. The molecule has 2 rings (SSSR count). The molecule has 0 radical (unpaired) electrons. The normalized spacial score (nSPS) is 10.5. The quantitative estimate of drug-likeness (QED) is 0.756. The molecule has 0 spiro atoms. The fourth-order valence-electron chi connectivity index (χ4n) is 2.30. The Morgan fingerprint density at radius 3 is 2.38 bits per heavy atom. The summed E-state index contributed by atoms with van der Waals surface area (Å²) in [6.45, 7) is 3.97. The van der Waals surface area contributed by atoms with Crippen LogP contribution < -0.4 is 5.32 Å². The number of hydrogen-bond donors (Lipinski definition) is 1. The lowest BCUT2D eigenvalue weighted by atomic mass is 10.1. The highest BCUT2D eigenvalue weighted by Crippen LogP contribution is 2.12. The summed E-state index contributed by atoms with van der Waals surface area (Å²) in [6.07, 6.45) is 0. The molecular formula is C19H22N2O4S. The van der Waals surface area contributed by atoms with Crippen molar-refractivity contribution in [3.05, 3.63) is 57.8 Å². The average Bonchev–Trinajstić information content (AvgIpc) is 3.18. The lowest BCUT2D eigenvalue weighted by Gasteiger charge is -2.25. The molecule has 1 heterocycles. The van der Waals surface area contributed by atoms with Crippen LogP contribution in [-0.2, 0) is 16.1 Å². The second-order valence-corrected chi connectivity index (χ2v) is 6.91. The highest BCUT2D eigenvalue weighted by Gasteiger charge is 2.21.